The third-order valence-electron chi connectivity index (χ3n) is 4.52. The lowest BCUT2D eigenvalue weighted by Gasteiger charge is -2.30. The van der Waals surface area contributed by atoms with E-state index in [1.807, 2.05) is 29.2 Å². The van der Waals surface area contributed by atoms with Crippen molar-refractivity contribution in [2.45, 2.75) is 52.1 Å². The molecule has 1 heterocycles. The Balaban J connectivity index is 1.87. The van der Waals surface area contributed by atoms with Crippen LogP contribution in [0.25, 0.3) is 0 Å². The van der Waals surface area contributed by atoms with E-state index in [-0.39, 0.29) is 5.91 Å². The second kappa shape index (κ2) is 8.69. The number of nitrogens with zero attached hydrogens (tertiary/aromatic N) is 3. The molecule has 1 aromatic carbocycles. The molecule has 0 atom stereocenters. The molecule has 1 aliphatic rings. The summed E-state index contributed by atoms with van der Waals surface area (Å²) in [6.07, 6.45) is 4.13. The number of likely N-dealkylation sites (tertiary alicyclic amines) is 1. The van der Waals surface area contributed by atoms with Gasteiger partial charge in [0.2, 0.25) is 5.91 Å². The summed E-state index contributed by atoms with van der Waals surface area (Å²) >= 11 is 0. The zero-order valence-corrected chi connectivity index (χ0v) is 14.3. The van der Waals surface area contributed by atoms with Crippen molar-refractivity contribution in [2.75, 3.05) is 19.6 Å². The monoisotopic (exact) mass is 313 g/mol. The topological polar surface area (TPSA) is 47.3 Å². The van der Waals surface area contributed by atoms with E-state index in [0.717, 1.165) is 39.0 Å². The molecule has 0 N–H and O–H groups in total. The van der Waals surface area contributed by atoms with Crippen molar-refractivity contribution in [1.29, 1.82) is 5.26 Å². The van der Waals surface area contributed by atoms with Crippen molar-refractivity contribution in [2.24, 2.45) is 0 Å². The van der Waals surface area contributed by atoms with Crippen LogP contribution in [0.4, 0.5) is 0 Å². The van der Waals surface area contributed by atoms with Gasteiger partial charge in [-0.05, 0) is 50.8 Å². The Labute approximate surface area is 139 Å². The van der Waals surface area contributed by atoms with Gasteiger partial charge in [-0.2, -0.15) is 5.26 Å². The maximum Gasteiger partial charge on any atom is 0.223 e. The van der Waals surface area contributed by atoms with Crippen LogP contribution in [0.5, 0.6) is 0 Å². The fourth-order valence-corrected chi connectivity index (χ4v) is 2.98. The predicted octanol–water partition coefficient (Wildman–Crippen LogP) is 3.17. The molecule has 1 aromatic rings. The first-order valence-corrected chi connectivity index (χ1v) is 8.61. The molecule has 1 saturated heterocycles. The highest BCUT2D eigenvalue weighted by molar-refractivity contribution is 5.76. The van der Waals surface area contributed by atoms with Gasteiger partial charge >= 0.3 is 0 Å². The van der Waals surface area contributed by atoms with Crippen LogP contribution < -0.4 is 0 Å². The Morgan fingerprint density at radius 3 is 2.43 bits per heavy atom. The van der Waals surface area contributed by atoms with Gasteiger partial charge in [0, 0.05) is 38.6 Å². The van der Waals surface area contributed by atoms with E-state index < -0.39 is 0 Å². The number of piperidine rings is 1. The minimum Gasteiger partial charge on any atom is -0.343 e. The van der Waals surface area contributed by atoms with Crippen molar-refractivity contribution < 1.29 is 4.79 Å². The van der Waals surface area contributed by atoms with Crippen LogP contribution >= 0.6 is 0 Å². The number of amides is 1. The molecule has 1 aliphatic heterocycles. The molecule has 0 bridgehead atoms. The second-order valence-corrected chi connectivity index (χ2v) is 6.56. The standard InChI is InChI=1S/C19H27N3O/c1-16(2)22(15-18-8-6-17(14-20)7-9-18)13-10-19(23)21-11-4-3-5-12-21/h6-9,16H,3-5,10-13,15H2,1-2H3. The van der Waals surface area contributed by atoms with E-state index in [0.29, 0.717) is 18.0 Å². The van der Waals surface area contributed by atoms with E-state index in [1.54, 1.807) is 0 Å². The maximum atomic E-state index is 12.3. The van der Waals surface area contributed by atoms with E-state index in [2.05, 4.69) is 24.8 Å². The minimum absolute atomic E-state index is 0.287. The van der Waals surface area contributed by atoms with Gasteiger partial charge in [0.05, 0.1) is 11.6 Å². The van der Waals surface area contributed by atoms with Gasteiger partial charge in [0.1, 0.15) is 0 Å². The van der Waals surface area contributed by atoms with Crippen molar-refractivity contribution in [3.8, 4) is 6.07 Å². The molecule has 0 unspecified atom stereocenters. The van der Waals surface area contributed by atoms with E-state index >= 15 is 0 Å². The molecule has 2 rings (SSSR count). The molecule has 0 aliphatic carbocycles. The summed E-state index contributed by atoms with van der Waals surface area (Å²) in [6, 6.07) is 10.2. The number of rotatable bonds is 6. The molecule has 0 aromatic heterocycles. The number of hydrogen-bond donors (Lipinski definition) is 0. The summed E-state index contributed by atoms with van der Waals surface area (Å²) < 4.78 is 0. The van der Waals surface area contributed by atoms with Crippen LogP contribution in [0.3, 0.4) is 0 Å². The third kappa shape index (κ3) is 5.37. The quantitative estimate of drug-likeness (QED) is 0.810. The summed E-state index contributed by atoms with van der Waals surface area (Å²) in [6.45, 7) is 7.78. The normalized spacial score (nSPS) is 15.0. The lowest BCUT2D eigenvalue weighted by atomic mass is 10.1. The zero-order valence-electron chi connectivity index (χ0n) is 14.3. The minimum atomic E-state index is 0.287. The fourth-order valence-electron chi connectivity index (χ4n) is 2.98. The summed E-state index contributed by atoms with van der Waals surface area (Å²) in [5.74, 6) is 0.287. The Bertz CT molecular complexity index is 539. The Kier molecular flexibility index (Phi) is 6.61. The largest absolute Gasteiger partial charge is 0.343 e. The van der Waals surface area contributed by atoms with Crippen molar-refractivity contribution in [3.05, 3.63) is 35.4 Å². The van der Waals surface area contributed by atoms with Crippen LogP contribution in [0.1, 0.15) is 50.7 Å². The fraction of sp³-hybridized carbons (Fsp3) is 0.579. The molecule has 1 amide bonds. The van der Waals surface area contributed by atoms with Crippen molar-refractivity contribution in [1.82, 2.24) is 9.80 Å². The molecule has 0 saturated carbocycles. The highest BCUT2D eigenvalue weighted by atomic mass is 16.2. The third-order valence-corrected chi connectivity index (χ3v) is 4.52. The SMILES string of the molecule is CC(C)N(CCC(=O)N1CCCCC1)Cc1ccc(C#N)cc1. The molecule has 4 heteroatoms. The summed E-state index contributed by atoms with van der Waals surface area (Å²) in [7, 11) is 0. The van der Waals surface area contributed by atoms with Crippen molar-refractivity contribution in [3.63, 3.8) is 0 Å². The predicted molar refractivity (Wildman–Crippen MR) is 91.8 cm³/mol. The number of benzene rings is 1. The Morgan fingerprint density at radius 2 is 1.87 bits per heavy atom. The highest BCUT2D eigenvalue weighted by Crippen LogP contribution is 2.13. The number of hydrogen-bond acceptors (Lipinski definition) is 3. The van der Waals surface area contributed by atoms with Gasteiger partial charge in [-0.3, -0.25) is 9.69 Å². The van der Waals surface area contributed by atoms with Gasteiger partial charge < -0.3 is 4.90 Å². The smallest absolute Gasteiger partial charge is 0.223 e. The van der Waals surface area contributed by atoms with E-state index in [4.69, 9.17) is 5.26 Å². The van der Waals surface area contributed by atoms with Gasteiger partial charge in [-0.15, -0.1) is 0 Å². The lowest BCUT2D eigenvalue weighted by molar-refractivity contribution is -0.132. The van der Waals surface area contributed by atoms with Crippen LogP contribution in [0.2, 0.25) is 0 Å². The average molecular weight is 313 g/mol. The first-order valence-electron chi connectivity index (χ1n) is 8.61. The average Bonchev–Trinajstić information content (AvgIpc) is 2.59. The van der Waals surface area contributed by atoms with Crippen molar-refractivity contribution >= 4 is 5.91 Å². The molecule has 23 heavy (non-hydrogen) atoms. The second-order valence-electron chi connectivity index (χ2n) is 6.56. The molecule has 1 fully saturated rings. The molecule has 4 nitrogen and oxygen atoms in total. The van der Waals surface area contributed by atoms with Gasteiger partial charge in [0.15, 0.2) is 0 Å². The summed E-state index contributed by atoms with van der Waals surface area (Å²) in [5, 5.41) is 8.87. The molecule has 124 valence electrons. The maximum absolute atomic E-state index is 12.3. The van der Waals surface area contributed by atoms with Crippen LogP contribution in [0.15, 0.2) is 24.3 Å². The van der Waals surface area contributed by atoms with Crippen LogP contribution in [0, 0.1) is 11.3 Å². The number of carbonyl (C=O) groups excluding carboxylic acids is 1. The number of nitriles is 1. The summed E-state index contributed by atoms with van der Waals surface area (Å²) in [4.78, 5) is 16.7. The van der Waals surface area contributed by atoms with Crippen LogP contribution in [-0.2, 0) is 11.3 Å². The Hall–Kier alpha value is -1.86. The van der Waals surface area contributed by atoms with Gasteiger partial charge in [-0.1, -0.05) is 12.1 Å². The molecule has 0 radical (unpaired) electrons. The molecular weight excluding hydrogens is 286 g/mol. The highest BCUT2D eigenvalue weighted by Gasteiger charge is 2.18. The van der Waals surface area contributed by atoms with Gasteiger partial charge in [0.25, 0.3) is 0 Å². The summed E-state index contributed by atoms with van der Waals surface area (Å²) in [5.41, 5.74) is 1.87. The molecule has 0 spiro atoms. The lowest BCUT2D eigenvalue weighted by Crippen LogP contribution is -2.39. The number of carbonyl (C=O) groups is 1. The first kappa shape index (κ1) is 17.5. The molecular formula is C19H27N3O. The zero-order chi connectivity index (χ0) is 16.7. The first-order chi connectivity index (χ1) is 11.1. The Morgan fingerprint density at radius 1 is 1.22 bits per heavy atom. The van der Waals surface area contributed by atoms with Gasteiger partial charge in [-0.25, -0.2) is 0 Å². The van der Waals surface area contributed by atoms with Crippen LogP contribution in [-0.4, -0.2) is 41.4 Å². The van der Waals surface area contributed by atoms with E-state index in [1.165, 1.54) is 12.0 Å². The van der Waals surface area contributed by atoms with E-state index in [9.17, 15) is 4.79 Å².